The summed E-state index contributed by atoms with van der Waals surface area (Å²) in [7, 11) is 3.05. The molecule has 0 bridgehead atoms. The van der Waals surface area contributed by atoms with Crippen molar-refractivity contribution in [2.24, 2.45) is 13.0 Å². The lowest BCUT2D eigenvalue weighted by Gasteiger charge is -2.41. The Balaban J connectivity index is 1.58. The average Bonchev–Trinajstić information content (AvgIpc) is 3.82. The Kier molecular flexibility index (Phi) is 7.80. The standard InChI is InChI=1S/C30H34F3N5O4/c1-4-24(18-11-21(30(31,32)33)14-22(34)13-18)35-26-23-15-20(12-19(16-39)25(23)28(41)37(2)36-26)29(42-3)7-9-38(10-8-29)27(40)17-5-6-17/h4,11-15,17,24,39H,1,5-10,16,34H2,2-3H3,(H,35,36)/t24-/m1/s1. The van der Waals surface area contributed by atoms with Crippen LogP contribution in [0.5, 0.6) is 0 Å². The third kappa shape index (κ3) is 5.48. The molecule has 1 aliphatic carbocycles. The number of ether oxygens (including phenoxy) is 1. The number of aliphatic hydroxyl groups is 1. The van der Waals surface area contributed by atoms with Crippen LogP contribution in [0, 0.1) is 5.92 Å². The van der Waals surface area contributed by atoms with E-state index in [9.17, 15) is 27.9 Å². The van der Waals surface area contributed by atoms with Crippen molar-refractivity contribution in [3.8, 4) is 0 Å². The Labute approximate surface area is 240 Å². The molecule has 9 nitrogen and oxygen atoms in total. The number of carbonyl (C=O) groups excluding carboxylic acids is 1. The van der Waals surface area contributed by atoms with Gasteiger partial charge in [0, 0.05) is 44.2 Å². The van der Waals surface area contributed by atoms with E-state index in [4.69, 9.17) is 10.5 Å². The summed E-state index contributed by atoms with van der Waals surface area (Å²) in [4.78, 5) is 27.7. The lowest BCUT2D eigenvalue weighted by atomic mass is 9.82. The van der Waals surface area contributed by atoms with Crippen molar-refractivity contribution in [1.82, 2.24) is 14.7 Å². The number of hydrogen-bond acceptors (Lipinski definition) is 7. The van der Waals surface area contributed by atoms with Crippen LogP contribution in [0.3, 0.4) is 0 Å². The maximum absolute atomic E-state index is 13.5. The number of nitrogens with zero attached hydrogens (tertiary/aromatic N) is 3. The number of halogens is 3. The van der Waals surface area contributed by atoms with E-state index in [0.717, 1.165) is 29.7 Å². The number of benzene rings is 2. The molecule has 12 heteroatoms. The third-order valence-corrected chi connectivity index (χ3v) is 8.32. The van der Waals surface area contributed by atoms with E-state index in [2.05, 4.69) is 17.0 Å². The number of aromatic nitrogens is 2. The molecule has 42 heavy (non-hydrogen) atoms. The van der Waals surface area contributed by atoms with Gasteiger partial charge < -0.3 is 25.8 Å². The topological polar surface area (TPSA) is 123 Å². The number of rotatable bonds is 8. The highest BCUT2D eigenvalue weighted by Gasteiger charge is 2.41. The molecule has 2 aromatic carbocycles. The first-order valence-corrected chi connectivity index (χ1v) is 13.8. The van der Waals surface area contributed by atoms with Gasteiger partial charge >= 0.3 is 6.18 Å². The number of fused-ring (bicyclic) bond motifs is 1. The number of methoxy groups -OCH3 is 1. The first kappa shape index (κ1) is 29.6. The Bertz CT molecular complexity index is 1590. The number of anilines is 2. The van der Waals surface area contributed by atoms with E-state index in [1.165, 1.54) is 19.2 Å². The molecule has 0 unspecified atom stereocenters. The van der Waals surface area contributed by atoms with Gasteiger partial charge in [0.05, 0.1) is 29.2 Å². The van der Waals surface area contributed by atoms with Crippen molar-refractivity contribution < 1.29 is 27.8 Å². The van der Waals surface area contributed by atoms with Crippen molar-refractivity contribution in [3.05, 3.63) is 75.6 Å². The predicted octanol–water partition coefficient (Wildman–Crippen LogP) is 4.24. The summed E-state index contributed by atoms with van der Waals surface area (Å²) < 4.78 is 47.7. The maximum atomic E-state index is 13.5. The van der Waals surface area contributed by atoms with E-state index >= 15 is 0 Å². The molecule has 1 saturated heterocycles. The van der Waals surface area contributed by atoms with Gasteiger partial charge in [0.25, 0.3) is 5.56 Å². The highest BCUT2D eigenvalue weighted by Crippen LogP contribution is 2.41. The molecule has 4 N–H and O–H groups in total. The number of nitrogens with one attached hydrogen (secondary N) is 1. The second-order valence-electron chi connectivity index (χ2n) is 11.0. The summed E-state index contributed by atoms with van der Waals surface area (Å²) in [6.07, 6.45) is -0.308. The fraction of sp³-hybridized carbons (Fsp3) is 0.433. The largest absolute Gasteiger partial charge is 0.416 e. The normalized spacial score (nSPS) is 17.7. The van der Waals surface area contributed by atoms with E-state index in [1.54, 1.807) is 19.2 Å². The van der Waals surface area contributed by atoms with Crippen molar-refractivity contribution >= 4 is 28.2 Å². The zero-order valence-electron chi connectivity index (χ0n) is 23.5. The number of piperidine rings is 1. The number of alkyl halides is 3. The number of likely N-dealkylation sites (tertiary alicyclic amines) is 1. The molecule has 2 fully saturated rings. The Morgan fingerprint density at radius 1 is 1.26 bits per heavy atom. The second-order valence-corrected chi connectivity index (χ2v) is 11.0. The molecule has 3 aromatic rings. The fourth-order valence-electron chi connectivity index (χ4n) is 5.78. The quantitative estimate of drug-likeness (QED) is 0.267. The van der Waals surface area contributed by atoms with E-state index < -0.39 is 35.5 Å². The van der Waals surface area contributed by atoms with Crippen LogP contribution < -0.4 is 16.6 Å². The number of amides is 1. The number of nitrogen functional groups attached to an aromatic ring is 1. The molecule has 1 atom stereocenters. The number of carbonyl (C=O) groups is 1. The molecule has 1 aliphatic heterocycles. The van der Waals surface area contributed by atoms with Crippen LogP contribution in [-0.2, 0) is 35.0 Å². The molecular formula is C30H34F3N5O4. The van der Waals surface area contributed by atoms with Crippen LogP contribution >= 0.6 is 0 Å². The summed E-state index contributed by atoms with van der Waals surface area (Å²) in [6.45, 7) is 4.36. The zero-order chi connectivity index (χ0) is 30.4. The van der Waals surface area contributed by atoms with Gasteiger partial charge in [-0.15, -0.1) is 6.58 Å². The molecule has 1 amide bonds. The summed E-state index contributed by atoms with van der Waals surface area (Å²) in [6, 6.07) is 5.93. The molecular weight excluding hydrogens is 551 g/mol. The van der Waals surface area contributed by atoms with Crippen LogP contribution in [-0.4, -0.2) is 45.9 Å². The van der Waals surface area contributed by atoms with Crippen LogP contribution in [0.25, 0.3) is 10.8 Å². The highest BCUT2D eigenvalue weighted by atomic mass is 19.4. The van der Waals surface area contributed by atoms with Crippen molar-refractivity contribution in [1.29, 1.82) is 0 Å². The van der Waals surface area contributed by atoms with Gasteiger partial charge in [-0.2, -0.15) is 18.3 Å². The van der Waals surface area contributed by atoms with Crippen LogP contribution in [0.2, 0.25) is 0 Å². The molecule has 1 saturated carbocycles. The van der Waals surface area contributed by atoms with Crippen molar-refractivity contribution in [3.63, 3.8) is 0 Å². The van der Waals surface area contributed by atoms with E-state index in [0.29, 0.717) is 42.4 Å². The Morgan fingerprint density at radius 2 is 1.95 bits per heavy atom. The van der Waals surface area contributed by atoms with Gasteiger partial charge in [0.2, 0.25) is 5.91 Å². The highest BCUT2D eigenvalue weighted by molar-refractivity contribution is 5.94. The van der Waals surface area contributed by atoms with Gasteiger partial charge in [0.1, 0.15) is 0 Å². The van der Waals surface area contributed by atoms with Crippen LogP contribution in [0.4, 0.5) is 24.7 Å². The minimum Gasteiger partial charge on any atom is -0.399 e. The third-order valence-electron chi connectivity index (χ3n) is 8.32. The molecule has 0 radical (unpaired) electrons. The first-order valence-electron chi connectivity index (χ1n) is 13.8. The van der Waals surface area contributed by atoms with Gasteiger partial charge in [0.15, 0.2) is 5.82 Å². The van der Waals surface area contributed by atoms with Crippen molar-refractivity contribution in [2.45, 2.75) is 50.1 Å². The lowest BCUT2D eigenvalue weighted by molar-refractivity contribution is -0.139. The molecule has 224 valence electrons. The Hall–Kier alpha value is -3.90. The number of nitrogens with two attached hydrogens (primary N) is 1. The predicted molar refractivity (Wildman–Crippen MR) is 153 cm³/mol. The molecule has 0 spiro atoms. The number of aliphatic hydroxyl groups excluding tert-OH is 1. The minimum absolute atomic E-state index is 0.0647. The monoisotopic (exact) mass is 585 g/mol. The van der Waals surface area contributed by atoms with Gasteiger partial charge in [-0.1, -0.05) is 6.08 Å². The molecule has 2 aliphatic rings. The number of hydrogen-bond donors (Lipinski definition) is 3. The number of aryl methyl sites for hydroxylation is 1. The SMILES string of the molecule is C=C[C@@H](Nc1nn(C)c(=O)c2c(CO)cc(C3(OC)CCN(C(=O)C4CC4)CC3)cc12)c1cc(N)cc(C(F)(F)F)c1. The smallest absolute Gasteiger partial charge is 0.399 e. The lowest BCUT2D eigenvalue weighted by Crippen LogP contribution is -2.46. The first-order chi connectivity index (χ1) is 19.9. The van der Waals surface area contributed by atoms with Gasteiger partial charge in [-0.3, -0.25) is 9.59 Å². The molecule has 5 rings (SSSR count). The second kappa shape index (κ2) is 11.1. The molecule has 2 heterocycles. The van der Waals surface area contributed by atoms with Crippen molar-refractivity contribution in [2.75, 3.05) is 31.2 Å². The summed E-state index contributed by atoms with van der Waals surface area (Å²) >= 11 is 0. The summed E-state index contributed by atoms with van der Waals surface area (Å²) in [5.74, 6) is 0.485. The Morgan fingerprint density at radius 3 is 2.52 bits per heavy atom. The van der Waals surface area contributed by atoms with E-state index in [1.807, 2.05) is 4.90 Å². The molecule has 1 aromatic heterocycles. The summed E-state index contributed by atoms with van der Waals surface area (Å²) in [5, 5.41) is 18.4. The van der Waals surface area contributed by atoms with Gasteiger partial charge in [-0.25, -0.2) is 4.68 Å². The minimum atomic E-state index is -4.60. The summed E-state index contributed by atoms with van der Waals surface area (Å²) in [5.41, 5.74) is 4.89. The van der Waals surface area contributed by atoms with Crippen LogP contribution in [0.15, 0.2) is 47.8 Å². The van der Waals surface area contributed by atoms with E-state index in [-0.39, 0.29) is 34.3 Å². The zero-order valence-corrected chi connectivity index (χ0v) is 23.5. The average molecular weight is 586 g/mol. The maximum Gasteiger partial charge on any atom is 0.416 e. The fourth-order valence-corrected chi connectivity index (χ4v) is 5.78. The van der Waals surface area contributed by atoms with Gasteiger partial charge in [-0.05, 0) is 72.7 Å². The van der Waals surface area contributed by atoms with Crippen LogP contribution in [0.1, 0.15) is 54.0 Å².